The lowest BCUT2D eigenvalue weighted by molar-refractivity contribution is -0.156. The lowest BCUT2D eigenvalue weighted by Gasteiger charge is -2.17. The number of anilines is 1. The molecule has 0 bridgehead atoms. The highest BCUT2D eigenvalue weighted by Crippen LogP contribution is 2.33. The number of amides is 1. The van der Waals surface area contributed by atoms with Gasteiger partial charge in [0, 0.05) is 11.6 Å². The van der Waals surface area contributed by atoms with Crippen molar-refractivity contribution in [3.8, 4) is 0 Å². The Labute approximate surface area is 142 Å². The zero-order valence-electron chi connectivity index (χ0n) is 12.6. The lowest BCUT2D eigenvalue weighted by Crippen LogP contribution is -2.29. The summed E-state index contributed by atoms with van der Waals surface area (Å²) in [6, 6.07) is 4.23. The Bertz CT molecular complexity index is 732. The fourth-order valence-electron chi connectivity index (χ4n) is 3.03. The summed E-state index contributed by atoms with van der Waals surface area (Å²) < 4.78 is 42.4. The van der Waals surface area contributed by atoms with Gasteiger partial charge in [-0.15, -0.1) is 12.4 Å². The van der Waals surface area contributed by atoms with Gasteiger partial charge in [0.05, 0.1) is 0 Å². The van der Waals surface area contributed by atoms with E-state index in [1.165, 1.54) is 18.2 Å². The van der Waals surface area contributed by atoms with Crippen molar-refractivity contribution < 1.29 is 22.4 Å². The topological polar surface area (TPSA) is 81.2 Å². The largest absolute Gasteiger partial charge is 0.468 e. The van der Waals surface area contributed by atoms with Gasteiger partial charge in [-0.05, 0) is 43.5 Å². The van der Waals surface area contributed by atoms with Gasteiger partial charge in [-0.2, -0.15) is 13.2 Å². The van der Waals surface area contributed by atoms with Crippen molar-refractivity contribution in [2.75, 3.05) is 11.9 Å². The minimum atomic E-state index is -4.64. The number of rotatable bonds is 3. The molecule has 132 valence electrons. The summed E-state index contributed by atoms with van der Waals surface area (Å²) in [4.78, 5) is 15.7. The normalized spacial score (nSPS) is 20.8. The zero-order chi connectivity index (χ0) is 16.6. The summed E-state index contributed by atoms with van der Waals surface area (Å²) in [5.74, 6) is -1.45. The van der Waals surface area contributed by atoms with Gasteiger partial charge >= 0.3 is 12.1 Å². The van der Waals surface area contributed by atoms with Gasteiger partial charge in [0.25, 0.3) is 0 Å². The predicted octanol–water partition coefficient (Wildman–Crippen LogP) is 3.58. The highest BCUT2D eigenvalue weighted by molar-refractivity contribution is 5.94. The minimum Gasteiger partial charge on any atom is -0.433 e. The predicted molar refractivity (Wildman–Crippen MR) is 84.8 cm³/mol. The van der Waals surface area contributed by atoms with Crippen molar-refractivity contribution >= 4 is 35.1 Å². The van der Waals surface area contributed by atoms with Crippen molar-refractivity contribution in [2.45, 2.75) is 25.4 Å². The number of alkyl halides is 3. The van der Waals surface area contributed by atoms with Crippen LogP contribution in [0.15, 0.2) is 22.6 Å². The lowest BCUT2D eigenvalue weighted by atomic mass is 9.95. The molecular formula is C15H17ClF3N3O2. The zero-order valence-corrected chi connectivity index (χ0v) is 13.4. The van der Waals surface area contributed by atoms with E-state index < -0.39 is 12.1 Å². The molecule has 1 aromatic heterocycles. The van der Waals surface area contributed by atoms with E-state index in [9.17, 15) is 18.0 Å². The second-order valence-corrected chi connectivity index (χ2v) is 5.72. The summed E-state index contributed by atoms with van der Waals surface area (Å²) >= 11 is 0. The molecule has 1 fully saturated rings. The number of nitrogens with two attached hydrogens (primary N) is 1. The van der Waals surface area contributed by atoms with Crippen LogP contribution in [0.3, 0.4) is 0 Å². The molecule has 0 unspecified atom stereocenters. The van der Waals surface area contributed by atoms with Gasteiger partial charge in [-0.1, -0.05) is 6.42 Å². The second-order valence-electron chi connectivity index (χ2n) is 5.72. The molecule has 1 aromatic carbocycles. The third-order valence-electron chi connectivity index (χ3n) is 4.20. The Hall–Kier alpha value is -1.80. The van der Waals surface area contributed by atoms with E-state index in [0.717, 1.165) is 19.3 Å². The van der Waals surface area contributed by atoms with Crippen LogP contribution in [0.4, 0.5) is 18.9 Å². The number of carbonyl (C=O) groups is 1. The number of hydrogen-bond donors (Lipinski definition) is 2. The number of halogens is 4. The molecule has 3 N–H and O–H groups in total. The van der Waals surface area contributed by atoms with Gasteiger partial charge in [-0.3, -0.25) is 4.79 Å². The third-order valence-corrected chi connectivity index (χ3v) is 4.20. The molecule has 2 atom stereocenters. The molecule has 1 heterocycles. The van der Waals surface area contributed by atoms with E-state index in [2.05, 4.69) is 14.7 Å². The van der Waals surface area contributed by atoms with Gasteiger partial charge in [0.1, 0.15) is 5.52 Å². The Kier molecular flexibility index (Phi) is 5.39. The molecule has 1 aliphatic carbocycles. The van der Waals surface area contributed by atoms with E-state index in [1.807, 2.05) is 0 Å². The maximum absolute atomic E-state index is 12.6. The number of benzene rings is 1. The maximum Gasteiger partial charge on any atom is 0.468 e. The molecule has 1 amide bonds. The SMILES string of the molecule is Cl.NC[C@H]1CCC[C@H]1C(=O)Nc1ccc2oc(C(F)(F)F)nc2c1. The first-order chi connectivity index (χ1) is 10.9. The van der Waals surface area contributed by atoms with E-state index in [4.69, 9.17) is 5.73 Å². The highest BCUT2D eigenvalue weighted by atomic mass is 35.5. The van der Waals surface area contributed by atoms with Gasteiger partial charge in [0.15, 0.2) is 5.58 Å². The van der Waals surface area contributed by atoms with Crippen molar-refractivity contribution in [1.29, 1.82) is 0 Å². The van der Waals surface area contributed by atoms with Crippen LogP contribution in [0, 0.1) is 11.8 Å². The molecule has 1 saturated carbocycles. The van der Waals surface area contributed by atoms with E-state index in [0.29, 0.717) is 12.2 Å². The monoisotopic (exact) mass is 363 g/mol. The average molecular weight is 364 g/mol. The van der Waals surface area contributed by atoms with E-state index in [1.54, 1.807) is 0 Å². The molecule has 9 heteroatoms. The number of aromatic nitrogens is 1. The Morgan fingerprint density at radius 1 is 1.38 bits per heavy atom. The average Bonchev–Trinajstić information content (AvgIpc) is 3.12. The van der Waals surface area contributed by atoms with Crippen molar-refractivity contribution in [3.05, 3.63) is 24.1 Å². The molecule has 0 saturated heterocycles. The van der Waals surface area contributed by atoms with Crippen LogP contribution in [0.25, 0.3) is 11.1 Å². The Morgan fingerprint density at radius 2 is 2.12 bits per heavy atom. The maximum atomic E-state index is 12.6. The molecule has 0 aliphatic heterocycles. The number of fused-ring (bicyclic) bond motifs is 1. The fraction of sp³-hybridized carbons (Fsp3) is 0.467. The number of oxazole rings is 1. The van der Waals surface area contributed by atoms with Crippen LogP contribution < -0.4 is 11.1 Å². The fourth-order valence-corrected chi connectivity index (χ4v) is 3.03. The first-order valence-corrected chi connectivity index (χ1v) is 7.37. The number of nitrogens with zero attached hydrogens (tertiary/aromatic N) is 1. The van der Waals surface area contributed by atoms with Gasteiger partial charge in [-0.25, -0.2) is 4.98 Å². The van der Waals surface area contributed by atoms with Crippen LogP contribution >= 0.6 is 12.4 Å². The van der Waals surface area contributed by atoms with Crippen LogP contribution in [0.5, 0.6) is 0 Å². The summed E-state index contributed by atoms with van der Waals surface area (Å²) in [5.41, 5.74) is 6.14. The molecule has 24 heavy (non-hydrogen) atoms. The summed E-state index contributed by atoms with van der Waals surface area (Å²) in [7, 11) is 0. The minimum absolute atomic E-state index is 0. The van der Waals surface area contributed by atoms with Gasteiger partial charge < -0.3 is 15.5 Å². The van der Waals surface area contributed by atoms with Crippen molar-refractivity contribution in [3.63, 3.8) is 0 Å². The molecule has 0 radical (unpaired) electrons. The van der Waals surface area contributed by atoms with E-state index in [-0.39, 0.29) is 41.2 Å². The molecule has 0 spiro atoms. The summed E-state index contributed by atoms with van der Waals surface area (Å²) in [5, 5.41) is 2.73. The highest BCUT2D eigenvalue weighted by Gasteiger charge is 2.37. The summed E-state index contributed by atoms with van der Waals surface area (Å²) in [6.45, 7) is 0.454. The quantitative estimate of drug-likeness (QED) is 0.873. The molecule has 1 aliphatic rings. The van der Waals surface area contributed by atoms with Crippen LogP contribution in [-0.4, -0.2) is 17.4 Å². The smallest absolute Gasteiger partial charge is 0.433 e. The van der Waals surface area contributed by atoms with Crippen LogP contribution in [0.1, 0.15) is 25.2 Å². The van der Waals surface area contributed by atoms with Crippen molar-refractivity contribution in [1.82, 2.24) is 4.98 Å². The number of nitrogens with one attached hydrogen (secondary N) is 1. The van der Waals surface area contributed by atoms with Crippen LogP contribution in [0.2, 0.25) is 0 Å². The summed E-state index contributed by atoms with van der Waals surface area (Å²) in [6.07, 6.45) is -1.98. The van der Waals surface area contributed by atoms with Crippen LogP contribution in [-0.2, 0) is 11.0 Å². The standard InChI is InChI=1S/C15H16F3N3O2.ClH/c16-15(17,18)14-21-11-6-9(4-5-12(11)23-14)20-13(22)10-3-1-2-8(10)7-19;/h4-6,8,10H,1-3,7,19H2,(H,20,22);1H/t8-,10-;/m1./s1. The number of carbonyl (C=O) groups excluding carboxylic acids is 1. The Morgan fingerprint density at radius 3 is 2.79 bits per heavy atom. The third kappa shape index (κ3) is 3.64. The second kappa shape index (κ2) is 6.98. The van der Waals surface area contributed by atoms with Crippen molar-refractivity contribution in [2.24, 2.45) is 17.6 Å². The molecule has 5 nitrogen and oxygen atoms in total. The Balaban J connectivity index is 0.00000208. The number of hydrogen-bond acceptors (Lipinski definition) is 4. The molecule has 3 rings (SSSR count). The molecule has 2 aromatic rings. The van der Waals surface area contributed by atoms with E-state index >= 15 is 0 Å². The molecular weight excluding hydrogens is 347 g/mol. The first kappa shape index (κ1) is 18.5. The van der Waals surface area contributed by atoms with Gasteiger partial charge in [0.2, 0.25) is 5.91 Å². The first-order valence-electron chi connectivity index (χ1n) is 7.37.